The molecule has 94 valence electrons. The van der Waals surface area contributed by atoms with Crippen LogP contribution in [0, 0.1) is 5.92 Å². The molecule has 0 saturated heterocycles. The molecule has 0 aliphatic carbocycles. The third kappa shape index (κ3) is 3.42. The van der Waals surface area contributed by atoms with E-state index in [0.717, 1.165) is 17.9 Å². The minimum Gasteiger partial charge on any atom is -0.361 e. The Hall–Kier alpha value is -1.62. The highest BCUT2D eigenvalue weighted by Gasteiger charge is 2.16. The third-order valence-corrected chi connectivity index (χ3v) is 2.62. The first kappa shape index (κ1) is 13.4. The average molecular weight is 236 g/mol. The van der Waals surface area contributed by atoms with E-state index in [1.54, 1.807) is 12.3 Å². The largest absolute Gasteiger partial charge is 0.361 e. The standard InChI is InChI=1S/C12H20N4O/c1-4-9(8-13)12(17)15-10-6-5-7-14-11(10)16(2)3/h5-7,9H,4,8,13H2,1-3H3,(H,15,17). The van der Waals surface area contributed by atoms with E-state index < -0.39 is 0 Å². The van der Waals surface area contributed by atoms with Crippen LogP contribution in [0.4, 0.5) is 11.5 Å². The molecule has 1 heterocycles. The number of nitrogens with zero attached hydrogens (tertiary/aromatic N) is 2. The van der Waals surface area contributed by atoms with E-state index in [-0.39, 0.29) is 11.8 Å². The second kappa shape index (κ2) is 6.20. The number of nitrogens with one attached hydrogen (secondary N) is 1. The van der Waals surface area contributed by atoms with E-state index in [0.29, 0.717) is 6.54 Å². The Balaban J connectivity index is 2.84. The van der Waals surface area contributed by atoms with E-state index in [4.69, 9.17) is 5.73 Å². The molecule has 5 nitrogen and oxygen atoms in total. The van der Waals surface area contributed by atoms with E-state index in [1.807, 2.05) is 32.0 Å². The maximum absolute atomic E-state index is 11.9. The number of nitrogens with two attached hydrogens (primary N) is 1. The van der Waals surface area contributed by atoms with Gasteiger partial charge in [0.15, 0.2) is 5.82 Å². The molecule has 1 aromatic heterocycles. The van der Waals surface area contributed by atoms with E-state index >= 15 is 0 Å². The number of carbonyl (C=O) groups excluding carboxylic acids is 1. The van der Waals surface area contributed by atoms with E-state index in [1.165, 1.54) is 0 Å². The van der Waals surface area contributed by atoms with Gasteiger partial charge in [0.25, 0.3) is 0 Å². The lowest BCUT2D eigenvalue weighted by molar-refractivity contribution is -0.119. The fourth-order valence-electron chi connectivity index (χ4n) is 1.54. The summed E-state index contributed by atoms with van der Waals surface area (Å²) >= 11 is 0. The molecule has 5 heteroatoms. The smallest absolute Gasteiger partial charge is 0.228 e. The number of carbonyl (C=O) groups is 1. The maximum atomic E-state index is 11.9. The molecule has 1 amide bonds. The number of rotatable bonds is 5. The average Bonchev–Trinajstić information content (AvgIpc) is 2.31. The van der Waals surface area contributed by atoms with Gasteiger partial charge < -0.3 is 16.0 Å². The van der Waals surface area contributed by atoms with Crippen LogP contribution in [0.5, 0.6) is 0 Å². The molecular weight excluding hydrogens is 216 g/mol. The second-order valence-electron chi connectivity index (χ2n) is 4.10. The minimum absolute atomic E-state index is 0.0499. The predicted molar refractivity (Wildman–Crippen MR) is 70.0 cm³/mol. The molecule has 1 aromatic rings. The second-order valence-corrected chi connectivity index (χ2v) is 4.10. The van der Waals surface area contributed by atoms with Crippen LogP contribution in [0.15, 0.2) is 18.3 Å². The number of aromatic nitrogens is 1. The first-order valence-corrected chi connectivity index (χ1v) is 5.73. The van der Waals surface area contributed by atoms with Gasteiger partial charge in [-0.25, -0.2) is 4.98 Å². The normalized spacial score (nSPS) is 12.0. The molecule has 17 heavy (non-hydrogen) atoms. The van der Waals surface area contributed by atoms with Crippen molar-refractivity contribution in [3.8, 4) is 0 Å². The summed E-state index contributed by atoms with van der Waals surface area (Å²) in [4.78, 5) is 18.0. The monoisotopic (exact) mass is 236 g/mol. The minimum atomic E-state index is -0.148. The molecule has 0 aromatic carbocycles. The summed E-state index contributed by atoms with van der Waals surface area (Å²) in [5.41, 5.74) is 6.27. The highest BCUT2D eigenvalue weighted by molar-refractivity contribution is 5.95. The van der Waals surface area contributed by atoms with Crippen molar-refractivity contribution < 1.29 is 4.79 Å². The molecule has 0 spiro atoms. The number of hydrogen-bond donors (Lipinski definition) is 2. The summed E-state index contributed by atoms with van der Waals surface area (Å²) in [6.45, 7) is 2.31. The zero-order valence-electron chi connectivity index (χ0n) is 10.6. The van der Waals surface area contributed by atoms with Crippen LogP contribution in [0.1, 0.15) is 13.3 Å². The fourth-order valence-corrected chi connectivity index (χ4v) is 1.54. The topological polar surface area (TPSA) is 71.2 Å². The van der Waals surface area contributed by atoms with E-state index in [2.05, 4.69) is 10.3 Å². The molecule has 0 fully saturated rings. The molecule has 1 atom stereocenters. The van der Waals surface area contributed by atoms with Crippen molar-refractivity contribution in [3.63, 3.8) is 0 Å². The van der Waals surface area contributed by atoms with Crippen LogP contribution < -0.4 is 16.0 Å². The van der Waals surface area contributed by atoms with Crippen LogP contribution in [-0.2, 0) is 4.79 Å². The van der Waals surface area contributed by atoms with Gasteiger partial charge in [-0.1, -0.05) is 6.92 Å². The number of amides is 1. The summed E-state index contributed by atoms with van der Waals surface area (Å²) in [7, 11) is 3.77. The zero-order chi connectivity index (χ0) is 12.8. The number of pyridine rings is 1. The van der Waals surface area contributed by atoms with Gasteiger partial charge >= 0.3 is 0 Å². The Morgan fingerprint density at radius 1 is 1.59 bits per heavy atom. The van der Waals surface area contributed by atoms with Gasteiger partial charge in [0.1, 0.15) is 0 Å². The molecule has 3 N–H and O–H groups in total. The summed E-state index contributed by atoms with van der Waals surface area (Å²) in [6.07, 6.45) is 2.44. The Morgan fingerprint density at radius 2 is 2.29 bits per heavy atom. The van der Waals surface area contributed by atoms with Gasteiger partial charge in [-0.05, 0) is 18.6 Å². The van der Waals surface area contributed by atoms with Crippen molar-refractivity contribution in [2.24, 2.45) is 11.7 Å². The molecule has 0 bridgehead atoms. The summed E-state index contributed by atoms with van der Waals surface area (Å²) in [5, 5.41) is 2.87. The van der Waals surface area contributed by atoms with Gasteiger partial charge in [-0.3, -0.25) is 4.79 Å². The molecule has 0 radical (unpaired) electrons. The van der Waals surface area contributed by atoms with Crippen molar-refractivity contribution >= 4 is 17.4 Å². The third-order valence-electron chi connectivity index (χ3n) is 2.62. The quantitative estimate of drug-likeness (QED) is 0.802. The summed E-state index contributed by atoms with van der Waals surface area (Å²) < 4.78 is 0. The Labute approximate surface area is 102 Å². The molecule has 0 saturated carbocycles. The predicted octanol–water partition coefficient (Wildman–Crippen LogP) is 1.07. The van der Waals surface area contributed by atoms with Crippen molar-refractivity contribution in [2.75, 3.05) is 30.9 Å². The van der Waals surface area contributed by atoms with Gasteiger partial charge in [0.05, 0.1) is 11.6 Å². The zero-order valence-corrected chi connectivity index (χ0v) is 10.6. The van der Waals surface area contributed by atoms with Crippen LogP contribution in [-0.4, -0.2) is 31.5 Å². The molecule has 0 aliphatic heterocycles. The highest BCUT2D eigenvalue weighted by Crippen LogP contribution is 2.21. The van der Waals surface area contributed by atoms with Gasteiger partial charge in [0, 0.05) is 26.8 Å². The van der Waals surface area contributed by atoms with Gasteiger partial charge in [-0.2, -0.15) is 0 Å². The van der Waals surface area contributed by atoms with Crippen molar-refractivity contribution in [1.29, 1.82) is 0 Å². The summed E-state index contributed by atoms with van der Waals surface area (Å²) in [5.74, 6) is 0.545. The maximum Gasteiger partial charge on any atom is 0.228 e. The lowest BCUT2D eigenvalue weighted by Gasteiger charge is -2.18. The first-order valence-electron chi connectivity index (χ1n) is 5.73. The van der Waals surface area contributed by atoms with E-state index in [9.17, 15) is 4.79 Å². The number of anilines is 2. The van der Waals surface area contributed by atoms with Crippen LogP contribution >= 0.6 is 0 Å². The molecule has 1 unspecified atom stereocenters. The molecule has 1 rings (SSSR count). The Bertz CT molecular complexity index is 375. The van der Waals surface area contributed by atoms with Crippen LogP contribution in [0.2, 0.25) is 0 Å². The number of hydrogen-bond acceptors (Lipinski definition) is 4. The lowest BCUT2D eigenvalue weighted by Crippen LogP contribution is -2.29. The molecule has 0 aliphatic rings. The Morgan fingerprint density at radius 3 is 2.82 bits per heavy atom. The van der Waals surface area contributed by atoms with Crippen molar-refractivity contribution in [3.05, 3.63) is 18.3 Å². The Kier molecular flexibility index (Phi) is 4.90. The molecular formula is C12H20N4O. The van der Waals surface area contributed by atoms with Crippen molar-refractivity contribution in [2.45, 2.75) is 13.3 Å². The fraction of sp³-hybridized carbons (Fsp3) is 0.500. The van der Waals surface area contributed by atoms with Crippen LogP contribution in [0.25, 0.3) is 0 Å². The summed E-state index contributed by atoms with van der Waals surface area (Å²) in [6, 6.07) is 3.63. The van der Waals surface area contributed by atoms with Crippen molar-refractivity contribution in [1.82, 2.24) is 4.98 Å². The SMILES string of the molecule is CCC(CN)C(=O)Nc1cccnc1N(C)C. The first-order chi connectivity index (χ1) is 8.10. The lowest BCUT2D eigenvalue weighted by atomic mass is 10.1. The highest BCUT2D eigenvalue weighted by atomic mass is 16.1. The van der Waals surface area contributed by atoms with Gasteiger partial charge in [-0.15, -0.1) is 0 Å². The van der Waals surface area contributed by atoms with Gasteiger partial charge in [0.2, 0.25) is 5.91 Å². The van der Waals surface area contributed by atoms with Crippen LogP contribution in [0.3, 0.4) is 0 Å².